The fraction of sp³-hybridized carbons (Fsp3) is 0.316. The molecule has 0 spiro atoms. The second-order valence-corrected chi connectivity index (χ2v) is 6.49. The molecule has 5 heteroatoms. The average Bonchev–Trinajstić information content (AvgIpc) is 2.56. The molecule has 128 valence electrons. The summed E-state index contributed by atoms with van der Waals surface area (Å²) in [5, 5.41) is 6.33. The van der Waals surface area contributed by atoms with Crippen LogP contribution in [-0.2, 0) is 10.3 Å². The number of hydrogen-bond acceptors (Lipinski definition) is 2. The Balaban J connectivity index is 2.02. The predicted octanol–water partition coefficient (Wildman–Crippen LogP) is 4.64. The zero-order valence-electron chi connectivity index (χ0n) is 14.4. The molecule has 2 aromatic rings. The van der Waals surface area contributed by atoms with Gasteiger partial charge in [-0.2, -0.15) is 0 Å². The van der Waals surface area contributed by atoms with Gasteiger partial charge in [-0.05, 0) is 61.7 Å². The summed E-state index contributed by atoms with van der Waals surface area (Å²) >= 11 is 6.05. The lowest BCUT2D eigenvalue weighted by atomic mass is 9.96. The standard InChI is InChI=1S/C19H23ClN2O2/c1-13-8-9-17(10-14(13)2)22-18(23)21-12-19(3,24-4)15-6-5-7-16(20)11-15/h5-11H,12H2,1-4H3,(H2,21,22,23)/t19-/m1/s1. The van der Waals surface area contributed by atoms with Gasteiger partial charge < -0.3 is 15.4 Å². The van der Waals surface area contributed by atoms with Gasteiger partial charge in [0.15, 0.2) is 0 Å². The zero-order valence-corrected chi connectivity index (χ0v) is 15.2. The van der Waals surface area contributed by atoms with E-state index in [0.29, 0.717) is 11.6 Å². The summed E-state index contributed by atoms with van der Waals surface area (Å²) in [5.41, 5.74) is 3.33. The first-order valence-corrected chi connectivity index (χ1v) is 8.15. The van der Waals surface area contributed by atoms with Gasteiger partial charge in [0.2, 0.25) is 0 Å². The van der Waals surface area contributed by atoms with Crippen molar-refractivity contribution in [2.45, 2.75) is 26.4 Å². The van der Waals surface area contributed by atoms with E-state index in [1.807, 2.05) is 57.2 Å². The number of aryl methyl sites for hydroxylation is 2. The Morgan fingerprint density at radius 1 is 1.17 bits per heavy atom. The van der Waals surface area contributed by atoms with E-state index in [0.717, 1.165) is 16.8 Å². The summed E-state index contributed by atoms with van der Waals surface area (Å²) in [5.74, 6) is 0. The Labute approximate surface area is 148 Å². The molecule has 0 unspecified atom stereocenters. The number of amides is 2. The van der Waals surface area contributed by atoms with Crippen molar-refractivity contribution in [3.05, 3.63) is 64.2 Å². The van der Waals surface area contributed by atoms with Crippen LogP contribution >= 0.6 is 11.6 Å². The third-order valence-electron chi connectivity index (χ3n) is 4.24. The smallest absolute Gasteiger partial charge is 0.319 e. The molecule has 24 heavy (non-hydrogen) atoms. The minimum atomic E-state index is -0.661. The third-order valence-corrected chi connectivity index (χ3v) is 4.47. The zero-order chi connectivity index (χ0) is 17.7. The molecular formula is C19H23ClN2O2. The number of hydrogen-bond donors (Lipinski definition) is 2. The van der Waals surface area contributed by atoms with Gasteiger partial charge in [-0.1, -0.05) is 29.8 Å². The normalized spacial score (nSPS) is 13.2. The molecule has 2 rings (SSSR count). The molecule has 0 aliphatic heterocycles. The third kappa shape index (κ3) is 4.49. The Hall–Kier alpha value is -2.04. The lowest BCUT2D eigenvalue weighted by molar-refractivity contribution is 0.00521. The number of carbonyl (C=O) groups is 1. The molecule has 0 saturated heterocycles. The number of carbonyl (C=O) groups excluding carboxylic acids is 1. The van der Waals surface area contributed by atoms with E-state index >= 15 is 0 Å². The molecule has 4 nitrogen and oxygen atoms in total. The van der Waals surface area contributed by atoms with Gasteiger partial charge in [-0.15, -0.1) is 0 Å². The van der Waals surface area contributed by atoms with Crippen LogP contribution in [0.2, 0.25) is 5.02 Å². The molecule has 1 atom stereocenters. The van der Waals surface area contributed by atoms with Gasteiger partial charge >= 0.3 is 6.03 Å². The maximum absolute atomic E-state index is 12.2. The minimum absolute atomic E-state index is 0.274. The summed E-state index contributed by atoms with van der Waals surface area (Å²) in [4.78, 5) is 12.2. The van der Waals surface area contributed by atoms with Gasteiger partial charge in [0.05, 0.1) is 6.54 Å². The highest BCUT2D eigenvalue weighted by Gasteiger charge is 2.27. The minimum Gasteiger partial charge on any atom is -0.372 e. The lowest BCUT2D eigenvalue weighted by Gasteiger charge is -2.29. The predicted molar refractivity (Wildman–Crippen MR) is 98.8 cm³/mol. The molecule has 0 heterocycles. The first-order chi connectivity index (χ1) is 11.3. The van der Waals surface area contributed by atoms with Crippen LogP contribution in [0.5, 0.6) is 0 Å². The molecule has 0 aliphatic carbocycles. The van der Waals surface area contributed by atoms with Crippen LogP contribution in [0.3, 0.4) is 0 Å². The Morgan fingerprint density at radius 2 is 1.92 bits per heavy atom. The number of methoxy groups -OCH3 is 1. The highest BCUT2D eigenvalue weighted by Crippen LogP contribution is 2.26. The van der Waals surface area contributed by atoms with Crippen molar-refractivity contribution in [2.24, 2.45) is 0 Å². The highest BCUT2D eigenvalue weighted by atomic mass is 35.5. The van der Waals surface area contributed by atoms with E-state index < -0.39 is 5.60 Å². The number of urea groups is 1. The second-order valence-electron chi connectivity index (χ2n) is 6.05. The fourth-order valence-electron chi connectivity index (χ4n) is 2.35. The maximum atomic E-state index is 12.2. The number of halogens is 1. The number of anilines is 1. The molecule has 0 aliphatic rings. The maximum Gasteiger partial charge on any atom is 0.319 e. The van der Waals surface area contributed by atoms with Crippen LogP contribution in [0.1, 0.15) is 23.6 Å². The number of rotatable bonds is 5. The topological polar surface area (TPSA) is 50.4 Å². The van der Waals surface area contributed by atoms with Crippen LogP contribution in [0, 0.1) is 13.8 Å². The summed E-state index contributed by atoms with van der Waals surface area (Å²) in [6.07, 6.45) is 0. The van der Waals surface area contributed by atoms with Gasteiger partial charge in [0.1, 0.15) is 5.60 Å². The van der Waals surface area contributed by atoms with Crippen molar-refractivity contribution < 1.29 is 9.53 Å². The van der Waals surface area contributed by atoms with E-state index in [1.165, 1.54) is 5.56 Å². The van der Waals surface area contributed by atoms with Gasteiger partial charge in [-0.3, -0.25) is 0 Å². The SMILES string of the molecule is CO[C@](C)(CNC(=O)Nc1ccc(C)c(C)c1)c1cccc(Cl)c1. The molecular weight excluding hydrogens is 324 g/mol. The fourth-order valence-corrected chi connectivity index (χ4v) is 2.54. The van der Waals surface area contributed by atoms with E-state index in [-0.39, 0.29) is 6.03 Å². The van der Waals surface area contributed by atoms with Crippen LogP contribution in [0.25, 0.3) is 0 Å². The number of nitrogens with one attached hydrogen (secondary N) is 2. The molecule has 0 radical (unpaired) electrons. The second kappa shape index (κ2) is 7.69. The summed E-state index contributed by atoms with van der Waals surface area (Å²) in [6, 6.07) is 13.0. The van der Waals surface area contributed by atoms with E-state index in [4.69, 9.17) is 16.3 Å². The van der Waals surface area contributed by atoms with E-state index in [9.17, 15) is 4.79 Å². The Kier molecular flexibility index (Phi) is 5.86. The summed E-state index contributed by atoms with van der Waals surface area (Å²) in [6.45, 7) is 6.28. The monoisotopic (exact) mass is 346 g/mol. The molecule has 0 aromatic heterocycles. The number of benzene rings is 2. The van der Waals surface area contributed by atoms with Crippen LogP contribution in [0.15, 0.2) is 42.5 Å². The molecule has 2 amide bonds. The lowest BCUT2D eigenvalue weighted by Crippen LogP contribution is -2.41. The van der Waals surface area contributed by atoms with E-state index in [1.54, 1.807) is 13.2 Å². The van der Waals surface area contributed by atoms with Gasteiger partial charge in [0.25, 0.3) is 0 Å². The summed E-state index contributed by atoms with van der Waals surface area (Å²) in [7, 11) is 1.61. The van der Waals surface area contributed by atoms with Crippen molar-refractivity contribution >= 4 is 23.3 Å². The first-order valence-electron chi connectivity index (χ1n) is 7.77. The molecule has 0 fully saturated rings. The van der Waals surface area contributed by atoms with Crippen molar-refractivity contribution in [2.75, 3.05) is 19.0 Å². The van der Waals surface area contributed by atoms with E-state index in [2.05, 4.69) is 10.6 Å². The largest absolute Gasteiger partial charge is 0.372 e. The molecule has 0 saturated carbocycles. The van der Waals surface area contributed by atoms with Gasteiger partial charge in [0, 0.05) is 17.8 Å². The van der Waals surface area contributed by atoms with Crippen molar-refractivity contribution in [3.63, 3.8) is 0 Å². The van der Waals surface area contributed by atoms with Crippen molar-refractivity contribution in [3.8, 4) is 0 Å². The van der Waals surface area contributed by atoms with Gasteiger partial charge in [-0.25, -0.2) is 4.79 Å². The average molecular weight is 347 g/mol. The van der Waals surface area contributed by atoms with Crippen LogP contribution in [0.4, 0.5) is 10.5 Å². The van der Waals surface area contributed by atoms with Crippen molar-refractivity contribution in [1.82, 2.24) is 5.32 Å². The number of ether oxygens (including phenoxy) is 1. The van der Waals surface area contributed by atoms with Crippen LogP contribution in [-0.4, -0.2) is 19.7 Å². The molecule has 0 bridgehead atoms. The molecule has 2 aromatic carbocycles. The van der Waals surface area contributed by atoms with Crippen LogP contribution < -0.4 is 10.6 Å². The summed E-state index contributed by atoms with van der Waals surface area (Å²) < 4.78 is 5.61. The quantitative estimate of drug-likeness (QED) is 0.828. The Morgan fingerprint density at radius 3 is 2.54 bits per heavy atom. The molecule has 2 N–H and O–H groups in total. The van der Waals surface area contributed by atoms with Crippen molar-refractivity contribution in [1.29, 1.82) is 0 Å². The first kappa shape index (κ1) is 18.3. The highest BCUT2D eigenvalue weighted by molar-refractivity contribution is 6.30. The Bertz CT molecular complexity index is 733.